The highest BCUT2D eigenvalue weighted by Crippen LogP contribution is 2.32. The van der Waals surface area contributed by atoms with E-state index in [0.29, 0.717) is 5.96 Å². The third-order valence-electron chi connectivity index (χ3n) is 3.75. The average Bonchev–Trinajstić information content (AvgIpc) is 2.70. The molecule has 0 saturated carbocycles. The fourth-order valence-electron chi connectivity index (χ4n) is 2.36. The number of rotatable bonds is 0. The minimum Gasteiger partial charge on any atom is -0.326 e. The van der Waals surface area contributed by atoms with Crippen LogP contribution >= 0.6 is 0 Å². The summed E-state index contributed by atoms with van der Waals surface area (Å²) in [5.41, 5.74) is 4.76. The Morgan fingerprint density at radius 1 is 1.32 bits per heavy atom. The lowest BCUT2D eigenvalue weighted by molar-refractivity contribution is -0.121. The van der Waals surface area contributed by atoms with Crippen molar-refractivity contribution in [2.75, 3.05) is 0 Å². The highest BCUT2D eigenvalue weighted by atomic mass is 16.2. The number of amides is 1. The molecule has 3 rings (SSSR count). The standard InChI is InChI=1S/C13H15N3O.C2H6/c1-7-4-5-11-10(8(7)2)6-16-9(3)12(17)15-13(16)14-11;1-2/h4-5,9H,6H2,1-3H3,(H,14,15,17);1-2H3. The van der Waals surface area contributed by atoms with Gasteiger partial charge in [0.1, 0.15) is 6.04 Å². The van der Waals surface area contributed by atoms with E-state index < -0.39 is 0 Å². The summed E-state index contributed by atoms with van der Waals surface area (Å²) in [4.78, 5) is 18.2. The first-order chi connectivity index (χ1) is 9.08. The summed E-state index contributed by atoms with van der Waals surface area (Å²) < 4.78 is 0. The molecule has 19 heavy (non-hydrogen) atoms. The van der Waals surface area contributed by atoms with Crippen LogP contribution in [0.5, 0.6) is 0 Å². The number of hydrogen-bond acceptors (Lipinski definition) is 3. The normalized spacial score (nSPS) is 19.8. The quantitative estimate of drug-likeness (QED) is 0.778. The third kappa shape index (κ3) is 2.11. The van der Waals surface area contributed by atoms with Gasteiger partial charge < -0.3 is 4.90 Å². The van der Waals surface area contributed by atoms with E-state index in [-0.39, 0.29) is 11.9 Å². The molecule has 0 radical (unpaired) electrons. The molecule has 0 spiro atoms. The van der Waals surface area contributed by atoms with Gasteiger partial charge in [-0.2, -0.15) is 0 Å². The Morgan fingerprint density at radius 3 is 2.68 bits per heavy atom. The molecule has 4 heteroatoms. The first-order valence-electron chi connectivity index (χ1n) is 6.83. The minimum absolute atomic E-state index is 0.0333. The summed E-state index contributed by atoms with van der Waals surface area (Å²) in [6, 6.07) is 3.98. The molecule has 1 N–H and O–H groups in total. The van der Waals surface area contributed by atoms with Gasteiger partial charge in [0, 0.05) is 12.1 Å². The van der Waals surface area contributed by atoms with E-state index in [1.54, 1.807) is 0 Å². The molecule has 4 nitrogen and oxygen atoms in total. The van der Waals surface area contributed by atoms with Gasteiger partial charge in [-0.1, -0.05) is 19.9 Å². The van der Waals surface area contributed by atoms with Gasteiger partial charge in [-0.05, 0) is 38.0 Å². The number of nitrogens with one attached hydrogen (secondary N) is 1. The van der Waals surface area contributed by atoms with Crippen LogP contribution in [0.4, 0.5) is 5.69 Å². The highest BCUT2D eigenvalue weighted by Gasteiger charge is 2.36. The van der Waals surface area contributed by atoms with Crippen LogP contribution in [-0.2, 0) is 11.3 Å². The number of aliphatic imine (C=N–C) groups is 1. The predicted octanol–water partition coefficient (Wildman–Crippen LogP) is 2.65. The Balaban J connectivity index is 0.000000637. The van der Waals surface area contributed by atoms with Gasteiger partial charge in [-0.3, -0.25) is 10.1 Å². The third-order valence-corrected chi connectivity index (χ3v) is 3.75. The first-order valence-corrected chi connectivity index (χ1v) is 6.83. The zero-order valence-corrected chi connectivity index (χ0v) is 12.2. The van der Waals surface area contributed by atoms with E-state index in [0.717, 1.165) is 12.2 Å². The maximum atomic E-state index is 11.6. The molecule has 2 heterocycles. The second-order valence-electron chi connectivity index (χ2n) is 4.73. The molecular weight excluding hydrogens is 238 g/mol. The molecule has 1 aromatic rings. The second-order valence-corrected chi connectivity index (χ2v) is 4.73. The highest BCUT2D eigenvalue weighted by molar-refractivity contribution is 6.07. The van der Waals surface area contributed by atoms with Crippen molar-refractivity contribution in [3.63, 3.8) is 0 Å². The van der Waals surface area contributed by atoms with E-state index in [4.69, 9.17) is 0 Å². The van der Waals surface area contributed by atoms with Crippen molar-refractivity contribution >= 4 is 17.6 Å². The number of guanidine groups is 1. The van der Waals surface area contributed by atoms with Gasteiger partial charge in [0.25, 0.3) is 0 Å². The summed E-state index contributed by atoms with van der Waals surface area (Å²) >= 11 is 0. The van der Waals surface area contributed by atoms with Gasteiger partial charge in [-0.25, -0.2) is 4.99 Å². The Bertz CT molecular complexity index is 549. The van der Waals surface area contributed by atoms with Crippen molar-refractivity contribution in [1.82, 2.24) is 10.2 Å². The molecule has 1 atom stereocenters. The smallest absolute Gasteiger partial charge is 0.249 e. The van der Waals surface area contributed by atoms with Crippen LogP contribution in [0.1, 0.15) is 37.5 Å². The number of nitrogens with zero attached hydrogens (tertiary/aromatic N) is 2. The molecule has 2 aliphatic heterocycles. The molecule has 102 valence electrons. The molecule has 1 aromatic carbocycles. The van der Waals surface area contributed by atoms with Gasteiger partial charge in [0.15, 0.2) is 0 Å². The molecule has 2 aliphatic rings. The molecule has 0 bridgehead atoms. The zero-order chi connectivity index (χ0) is 14.2. The maximum Gasteiger partial charge on any atom is 0.249 e. The maximum absolute atomic E-state index is 11.6. The van der Waals surface area contributed by atoms with Gasteiger partial charge in [0.05, 0.1) is 5.69 Å². The summed E-state index contributed by atoms with van der Waals surface area (Å²) in [5, 5.41) is 2.82. The molecular formula is C15H21N3O. The van der Waals surface area contributed by atoms with Crippen molar-refractivity contribution in [3.8, 4) is 0 Å². The molecule has 1 saturated heterocycles. The molecule has 0 aliphatic carbocycles. The van der Waals surface area contributed by atoms with Crippen molar-refractivity contribution < 1.29 is 4.79 Å². The number of fused-ring (bicyclic) bond motifs is 2. The van der Waals surface area contributed by atoms with Crippen molar-refractivity contribution in [3.05, 3.63) is 28.8 Å². The Labute approximate surface area is 114 Å². The van der Waals surface area contributed by atoms with Gasteiger partial charge in [-0.15, -0.1) is 0 Å². The number of aryl methyl sites for hydroxylation is 1. The lowest BCUT2D eigenvalue weighted by Crippen LogP contribution is -2.35. The Morgan fingerprint density at radius 2 is 2.00 bits per heavy atom. The average molecular weight is 259 g/mol. The van der Waals surface area contributed by atoms with E-state index in [1.807, 2.05) is 31.7 Å². The van der Waals surface area contributed by atoms with E-state index in [1.165, 1.54) is 16.7 Å². The summed E-state index contributed by atoms with van der Waals surface area (Å²) in [5.74, 6) is 0.726. The number of benzene rings is 1. The number of carbonyl (C=O) groups is 1. The van der Waals surface area contributed by atoms with E-state index in [2.05, 4.69) is 30.2 Å². The SMILES string of the molecule is CC.Cc1ccc2c(c1C)CN1C(=N2)NC(=O)C1C. The summed E-state index contributed by atoms with van der Waals surface area (Å²) in [6.07, 6.45) is 0. The predicted molar refractivity (Wildman–Crippen MR) is 77.5 cm³/mol. The van der Waals surface area contributed by atoms with Gasteiger partial charge in [0.2, 0.25) is 11.9 Å². The molecule has 1 amide bonds. The minimum atomic E-state index is -0.123. The van der Waals surface area contributed by atoms with Crippen LogP contribution in [0.25, 0.3) is 0 Å². The number of hydrogen-bond donors (Lipinski definition) is 1. The van der Waals surface area contributed by atoms with Crippen molar-refractivity contribution in [1.29, 1.82) is 0 Å². The molecule has 0 aromatic heterocycles. The lowest BCUT2D eigenvalue weighted by Gasteiger charge is -2.27. The van der Waals surface area contributed by atoms with Crippen LogP contribution in [0.15, 0.2) is 17.1 Å². The van der Waals surface area contributed by atoms with E-state index in [9.17, 15) is 4.79 Å². The van der Waals surface area contributed by atoms with Crippen molar-refractivity contribution in [2.24, 2.45) is 4.99 Å². The van der Waals surface area contributed by atoms with Crippen LogP contribution in [0, 0.1) is 13.8 Å². The fraction of sp³-hybridized carbons (Fsp3) is 0.467. The van der Waals surface area contributed by atoms with Crippen LogP contribution in [0.3, 0.4) is 0 Å². The topological polar surface area (TPSA) is 44.7 Å². The van der Waals surface area contributed by atoms with E-state index >= 15 is 0 Å². The summed E-state index contributed by atoms with van der Waals surface area (Å²) in [7, 11) is 0. The fourth-order valence-corrected chi connectivity index (χ4v) is 2.36. The summed E-state index contributed by atoms with van der Waals surface area (Å²) in [6.45, 7) is 10.9. The molecule has 1 unspecified atom stereocenters. The van der Waals surface area contributed by atoms with Gasteiger partial charge >= 0.3 is 0 Å². The van der Waals surface area contributed by atoms with Crippen LogP contribution in [-0.4, -0.2) is 22.8 Å². The lowest BCUT2D eigenvalue weighted by atomic mass is 10.00. The Hall–Kier alpha value is -1.84. The van der Waals surface area contributed by atoms with Crippen LogP contribution in [0.2, 0.25) is 0 Å². The Kier molecular flexibility index (Phi) is 3.60. The first kappa shape index (κ1) is 13.6. The largest absolute Gasteiger partial charge is 0.326 e. The zero-order valence-electron chi connectivity index (χ0n) is 12.2. The second kappa shape index (κ2) is 5.03. The number of carbonyl (C=O) groups excluding carboxylic acids is 1. The van der Waals surface area contributed by atoms with Crippen molar-refractivity contribution in [2.45, 2.75) is 47.2 Å². The van der Waals surface area contributed by atoms with Crippen LogP contribution < -0.4 is 5.32 Å². The molecule has 1 fully saturated rings. The monoisotopic (exact) mass is 259 g/mol.